The maximum Gasteiger partial charge on any atom is 0.193 e. The molecule has 1 N–H and O–H groups in total. The number of nitrogens with zero attached hydrogens (tertiary/aromatic N) is 2. The molecule has 0 aromatic rings. The Morgan fingerprint density at radius 2 is 1.84 bits per heavy atom. The Morgan fingerprint density at radius 3 is 2.32 bits per heavy atom. The van der Waals surface area contributed by atoms with E-state index in [1.807, 2.05) is 6.92 Å². The van der Waals surface area contributed by atoms with E-state index < -0.39 is 14.6 Å². The second-order valence-electron chi connectivity index (χ2n) is 5.86. The van der Waals surface area contributed by atoms with Gasteiger partial charge in [0, 0.05) is 19.6 Å². The van der Waals surface area contributed by atoms with Crippen LogP contribution in [-0.4, -0.2) is 56.0 Å². The second kappa shape index (κ2) is 6.59. The number of hydrogen-bond donors (Lipinski definition) is 1. The fraction of sp³-hybridized carbons (Fsp3) is 0.923. The first-order chi connectivity index (χ1) is 8.78. The Kier molecular flexibility index (Phi) is 5.64. The van der Waals surface area contributed by atoms with Gasteiger partial charge in [-0.25, -0.2) is 8.42 Å². The molecule has 0 spiro atoms. The zero-order valence-electron chi connectivity index (χ0n) is 12.6. The van der Waals surface area contributed by atoms with Crippen molar-refractivity contribution in [3.8, 4) is 0 Å². The SMILES string of the molecule is CCNC(=NCCS(=O)(=O)C(C)(C)C)N1CCCC1. The summed E-state index contributed by atoms with van der Waals surface area (Å²) in [4.78, 5) is 6.65. The van der Waals surface area contributed by atoms with Gasteiger partial charge in [0.15, 0.2) is 15.8 Å². The number of nitrogens with one attached hydrogen (secondary N) is 1. The Morgan fingerprint density at radius 1 is 1.26 bits per heavy atom. The van der Waals surface area contributed by atoms with Crippen LogP contribution in [0.4, 0.5) is 0 Å². The third-order valence-electron chi connectivity index (χ3n) is 3.30. The lowest BCUT2D eigenvalue weighted by molar-refractivity contribution is 0.494. The fourth-order valence-electron chi connectivity index (χ4n) is 1.93. The number of aliphatic imine (C=N–C) groups is 1. The monoisotopic (exact) mass is 289 g/mol. The highest BCUT2D eigenvalue weighted by Gasteiger charge is 2.28. The minimum absolute atomic E-state index is 0.110. The van der Waals surface area contributed by atoms with Gasteiger partial charge in [-0.3, -0.25) is 4.99 Å². The van der Waals surface area contributed by atoms with Crippen LogP contribution in [-0.2, 0) is 9.84 Å². The molecular formula is C13H27N3O2S. The van der Waals surface area contributed by atoms with Crippen molar-refractivity contribution in [3.63, 3.8) is 0 Å². The van der Waals surface area contributed by atoms with Crippen LogP contribution >= 0.6 is 0 Å². The summed E-state index contributed by atoms with van der Waals surface area (Å²) in [6.07, 6.45) is 2.37. The van der Waals surface area contributed by atoms with Crippen LogP contribution in [0.25, 0.3) is 0 Å². The van der Waals surface area contributed by atoms with Gasteiger partial charge in [-0.15, -0.1) is 0 Å². The van der Waals surface area contributed by atoms with Crippen LogP contribution in [0, 0.1) is 0 Å². The number of rotatable bonds is 4. The van der Waals surface area contributed by atoms with Gasteiger partial charge in [-0.2, -0.15) is 0 Å². The van der Waals surface area contributed by atoms with Gasteiger partial charge < -0.3 is 10.2 Å². The lowest BCUT2D eigenvalue weighted by Crippen LogP contribution is -2.40. The summed E-state index contributed by atoms with van der Waals surface area (Å²) in [5.41, 5.74) is 0. The average Bonchev–Trinajstić information content (AvgIpc) is 2.79. The first-order valence-corrected chi connectivity index (χ1v) is 8.68. The first-order valence-electron chi connectivity index (χ1n) is 7.03. The molecule has 1 aliphatic heterocycles. The number of hydrogen-bond acceptors (Lipinski definition) is 3. The quantitative estimate of drug-likeness (QED) is 0.625. The molecule has 6 heteroatoms. The van der Waals surface area contributed by atoms with Crippen LogP contribution < -0.4 is 5.32 Å². The second-order valence-corrected chi connectivity index (χ2v) is 8.72. The van der Waals surface area contributed by atoms with E-state index in [0.717, 1.165) is 25.6 Å². The molecule has 1 heterocycles. The van der Waals surface area contributed by atoms with Crippen molar-refractivity contribution < 1.29 is 8.42 Å². The van der Waals surface area contributed by atoms with Crippen LogP contribution in [0.3, 0.4) is 0 Å². The molecule has 0 amide bonds. The van der Waals surface area contributed by atoms with E-state index in [0.29, 0.717) is 6.54 Å². The summed E-state index contributed by atoms with van der Waals surface area (Å²) >= 11 is 0. The van der Waals surface area contributed by atoms with E-state index in [9.17, 15) is 8.42 Å². The van der Waals surface area contributed by atoms with E-state index in [1.165, 1.54) is 12.8 Å². The third-order valence-corrected chi connectivity index (χ3v) is 5.88. The molecule has 5 nitrogen and oxygen atoms in total. The Balaban J connectivity index is 2.61. The molecule has 0 atom stereocenters. The van der Waals surface area contributed by atoms with Gasteiger partial charge in [0.1, 0.15) is 0 Å². The summed E-state index contributed by atoms with van der Waals surface area (Å²) in [7, 11) is -3.09. The maximum atomic E-state index is 12.0. The first kappa shape index (κ1) is 16.3. The highest BCUT2D eigenvalue weighted by Crippen LogP contribution is 2.15. The van der Waals surface area contributed by atoms with Crippen molar-refractivity contribution in [2.24, 2.45) is 4.99 Å². The smallest absolute Gasteiger partial charge is 0.193 e. The summed E-state index contributed by atoms with van der Waals surface area (Å²) in [6, 6.07) is 0. The molecule has 0 aliphatic carbocycles. The lowest BCUT2D eigenvalue weighted by atomic mass is 10.3. The van der Waals surface area contributed by atoms with Crippen molar-refractivity contribution in [2.75, 3.05) is 31.9 Å². The van der Waals surface area contributed by atoms with Crippen LogP contribution in [0.2, 0.25) is 0 Å². The van der Waals surface area contributed by atoms with Gasteiger partial charge >= 0.3 is 0 Å². The van der Waals surface area contributed by atoms with E-state index in [2.05, 4.69) is 15.2 Å². The molecular weight excluding hydrogens is 262 g/mol. The van der Waals surface area contributed by atoms with Crippen molar-refractivity contribution in [1.29, 1.82) is 0 Å². The maximum absolute atomic E-state index is 12.0. The highest BCUT2D eigenvalue weighted by atomic mass is 32.2. The molecule has 0 bridgehead atoms. The average molecular weight is 289 g/mol. The number of guanidine groups is 1. The molecule has 1 aliphatic rings. The molecule has 0 aromatic heterocycles. The van der Waals surface area contributed by atoms with Gasteiger partial charge in [0.05, 0.1) is 17.0 Å². The molecule has 1 saturated heterocycles. The standard InChI is InChI=1S/C13H27N3O2S/c1-5-14-12(16-9-6-7-10-16)15-8-11-19(17,18)13(2,3)4/h5-11H2,1-4H3,(H,14,15). The summed E-state index contributed by atoms with van der Waals surface area (Å²) < 4.78 is 23.3. The Bertz CT molecular complexity index is 404. The van der Waals surface area contributed by atoms with E-state index in [1.54, 1.807) is 20.8 Å². The zero-order chi connectivity index (χ0) is 14.5. The van der Waals surface area contributed by atoms with E-state index in [4.69, 9.17) is 0 Å². The normalized spacial score (nSPS) is 17.9. The van der Waals surface area contributed by atoms with Gasteiger partial charge in [-0.1, -0.05) is 0 Å². The lowest BCUT2D eigenvalue weighted by Gasteiger charge is -2.21. The topological polar surface area (TPSA) is 61.8 Å². The number of likely N-dealkylation sites (tertiary alicyclic amines) is 1. The van der Waals surface area contributed by atoms with Crippen molar-refractivity contribution in [2.45, 2.75) is 45.3 Å². The van der Waals surface area contributed by atoms with Crippen molar-refractivity contribution in [3.05, 3.63) is 0 Å². The largest absolute Gasteiger partial charge is 0.357 e. The molecule has 0 aromatic carbocycles. The minimum Gasteiger partial charge on any atom is -0.357 e. The molecule has 0 saturated carbocycles. The summed E-state index contributed by atoms with van der Waals surface area (Å²) in [5.74, 6) is 0.961. The zero-order valence-corrected chi connectivity index (χ0v) is 13.4. The molecule has 0 unspecified atom stereocenters. The predicted molar refractivity (Wildman–Crippen MR) is 80.3 cm³/mol. The van der Waals surface area contributed by atoms with Gasteiger partial charge in [0.2, 0.25) is 0 Å². The fourth-order valence-corrected chi connectivity index (χ4v) is 2.88. The molecule has 19 heavy (non-hydrogen) atoms. The third kappa shape index (κ3) is 4.67. The van der Waals surface area contributed by atoms with E-state index in [-0.39, 0.29) is 5.75 Å². The molecule has 0 radical (unpaired) electrons. The van der Waals surface area contributed by atoms with Gasteiger partial charge in [-0.05, 0) is 40.5 Å². The molecule has 1 rings (SSSR count). The highest BCUT2D eigenvalue weighted by molar-refractivity contribution is 7.92. The van der Waals surface area contributed by atoms with Gasteiger partial charge in [0.25, 0.3) is 0 Å². The van der Waals surface area contributed by atoms with Crippen LogP contribution in [0.5, 0.6) is 0 Å². The molecule has 1 fully saturated rings. The van der Waals surface area contributed by atoms with Crippen molar-refractivity contribution >= 4 is 15.8 Å². The number of sulfone groups is 1. The Hall–Kier alpha value is -0.780. The van der Waals surface area contributed by atoms with Crippen LogP contribution in [0.15, 0.2) is 4.99 Å². The van der Waals surface area contributed by atoms with Crippen molar-refractivity contribution in [1.82, 2.24) is 10.2 Å². The minimum atomic E-state index is -3.09. The summed E-state index contributed by atoms with van der Waals surface area (Å²) in [5, 5.41) is 3.23. The summed E-state index contributed by atoms with van der Waals surface area (Å²) in [6.45, 7) is 10.4. The Labute approximate surface area is 117 Å². The predicted octanol–water partition coefficient (Wildman–Crippen LogP) is 1.26. The molecule has 112 valence electrons. The van der Waals surface area contributed by atoms with Crippen LogP contribution in [0.1, 0.15) is 40.5 Å². The van der Waals surface area contributed by atoms with E-state index >= 15 is 0 Å².